The highest BCUT2D eigenvalue weighted by molar-refractivity contribution is 7.91. The molecular weight excluding hydrogens is 294 g/mol. The lowest BCUT2D eigenvalue weighted by atomic mass is 10.1. The zero-order chi connectivity index (χ0) is 15.9. The number of aliphatic hydroxyl groups excluding tert-OH is 1. The number of aliphatic hydroxyl groups is 1. The van der Waals surface area contributed by atoms with Crippen LogP contribution in [0.4, 0.5) is 0 Å². The number of hydrogen-bond acceptors (Lipinski definition) is 6. The summed E-state index contributed by atoms with van der Waals surface area (Å²) in [6.45, 7) is 2.70. The van der Waals surface area contributed by atoms with Gasteiger partial charge in [-0.15, -0.1) is 0 Å². The van der Waals surface area contributed by atoms with Gasteiger partial charge in [0.05, 0.1) is 25.0 Å². The van der Waals surface area contributed by atoms with Crippen molar-refractivity contribution in [2.24, 2.45) is 5.41 Å². The van der Waals surface area contributed by atoms with Crippen LogP contribution in [-0.4, -0.2) is 57.3 Å². The zero-order valence-electron chi connectivity index (χ0n) is 12.9. The van der Waals surface area contributed by atoms with Gasteiger partial charge in [-0.3, -0.25) is 4.79 Å². The van der Waals surface area contributed by atoms with Gasteiger partial charge in [-0.05, 0) is 37.6 Å². The van der Waals surface area contributed by atoms with Crippen LogP contribution >= 0.6 is 0 Å². The summed E-state index contributed by atoms with van der Waals surface area (Å²) < 4.78 is 29.3. The van der Waals surface area contributed by atoms with Crippen LogP contribution in [0.5, 0.6) is 0 Å². The van der Waals surface area contributed by atoms with Crippen molar-refractivity contribution in [1.82, 2.24) is 5.32 Å². The Morgan fingerprint density at radius 1 is 1.43 bits per heavy atom. The van der Waals surface area contributed by atoms with Crippen LogP contribution in [-0.2, 0) is 19.4 Å². The predicted octanol–water partition coefficient (Wildman–Crippen LogP) is 0.495. The summed E-state index contributed by atoms with van der Waals surface area (Å²) in [6.07, 6.45) is 3.02. The monoisotopic (exact) mass is 321 g/mol. The molecule has 1 unspecified atom stereocenters. The summed E-state index contributed by atoms with van der Waals surface area (Å²) in [6, 6.07) is -0.228. The molecule has 0 saturated heterocycles. The topological polar surface area (TPSA) is 92.7 Å². The Bertz CT molecular complexity index is 431. The summed E-state index contributed by atoms with van der Waals surface area (Å²) in [5.74, 6) is -0.305. The molecule has 0 radical (unpaired) electrons. The van der Waals surface area contributed by atoms with E-state index in [1.807, 2.05) is 6.92 Å². The van der Waals surface area contributed by atoms with Crippen molar-refractivity contribution in [1.29, 1.82) is 0 Å². The van der Waals surface area contributed by atoms with E-state index in [1.165, 1.54) is 7.11 Å². The molecule has 1 aliphatic rings. The van der Waals surface area contributed by atoms with Gasteiger partial charge in [0.25, 0.3) is 0 Å². The minimum Gasteiger partial charge on any atom is -0.469 e. The van der Waals surface area contributed by atoms with Gasteiger partial charge >= 0.3 is 5.97 Å². The molecule has 7 heteroatoms. The molecule has 1 saturated carbocycles. The predicted molar refractivity (Wildman–Crippen MR) is 80.7 cm³/mol. The van der Waals surface area contributed by atoms with Crippen LogP contribution in [0.25, 0.3) is 0 Å². The SMILES string of the molecule is CCCNC(CCO)CS(=O)(=O)CC1(CC(=O)OC)CC1. The number of rotatable bonds is 11. The summed E-state index contributed by atoms with van der Waals surface area (Å²) >= 11 is 0. The van der Waals surface area contributed by atoms with E-state index in [9.17, 15) is 13.2 Å². The molecule has 0 aromatic heterocycles. The maximum absolute atomic E-state index is 12.3. The van der Waals surface area contributed by atoms with E-state index in [4.69, 9.17) is 5.11 Å². The first-order valence-electron chi connectivity index (χ1n) is 7.48. The molecule has 1 fully saturated rings. The van der Waals surface area contributed by atoms with Gasteiger partial charge in [0.15, 0.2) is 9.84 Å². The van der Waals surface area contributed by atoms with Crippen molar-refractivity contribution in [2.45, 2.75) is 45.1 Å². The Balaban J connectivity index is 2.57. The molecule has 1 rings (SSSR count). The number of sulfone groups is 1. The minimum absolute atomic E-state index is 0.0104. The molecule has 2 N–H and O–H groups in total. The number of methoxy groups -OCH3 is 1. The Kier molecular flexibility index (Phi) is 7.09. The number of esters is 1. The van der Waals surface area contributed by atoms with Gasteiger partial charge in [-0.1, -0.05) is 6.92 Å². The van der Waals surface area contributed by atoms with Gasteiger partial charge in [-0.25, -0.2) is 8.42 Å². The lowest BCUT2D eigenvalue weighted by Gasteiger charge is -2.20. The number of hydrogen-bond donors (Lipinski definition) is 2. The largest absolute Gasteiger partial charge is 0.469 e. The van der Waals surface area contributed by atoms with E-state index in [0.29, 0.717) is 6.42 Å². The lowest BCUT2D eigenvalue weighted by Crippen LogP contribution is -2.38. The summed E-state index contributed by atoms with van der Waals surface area (Å²) in [4.78, 5) is 11.4. The minimum atomic E-state index is -3.26. The average Bonchev–Trinajstić information content (AvgIpc) is 3.14. The number of carbonyl (C=O) groups is 1. The standard InChI is InChI=1S/C14H27NO5S/c1-3-7-15-12(4-8-16)10-21(18,19)11-14(5-6-14)9-13(17)20-2/h12,15-16H,3-11H2,1-2H3. The van der Waals surface area contributed by atoms with Crippen LogP contribution in [0.3, 0.4) is 0 Å². The second kappa shape index (κ2) is 8.10. The highest BCUT2D eigenvalue weighted by atomic mass is 32.2. The maximum Gasteiger partial charge on any atom is 0.306 e. The Labute approximate surface area is 127 Å². The number of carbonyl (C=O) groups excluding carboxylic acids is 1. The third-order valence-corrected chi connectivity index (χ3v) is 5.81. The van der Waals surface area contributed by atoms with E-state index in [-0.39, 0.29) is 36.5 Å². The molecule has 0 bridgehead atoms. The van der Waals surface area contributed by atoms with E-state index in [2.05, 4.69) is 10.1 Å². The molecule has 0 amide bonds. The van der Waals surface area contributed by atoms with Crippen molar-refractivity contribution in [3.8, 4) is 0 Å². The fourth-order valence-corrected chi connectivity index (χ4v) is 4.85. The first-order chi connectivity index (χ1) is 9.86. The molecular formula is C14H27NO5S. The second-order valence-electron chi connectivity index (χ2n) is 5.97. The fourth-order valence-electron chi connectivity index (χ4n) is 2.51. The van der Waals surface area contributed by atoms with E-state index in [0.717, 1.165) is 25.8 Å². The van der Waals surface area contributed by atoms with Crippen molar-refractivity contribution in [2.75, 3.05) is 31.8 Å². The molecule has 0 heterocycles. The van der Waals surface area contributed by atoms with E-state index < -0.39 is 15.3 Å². The van der Waals surface area contributed by atoms with Crippen LogP contribution in [0.15, 0.2) is 0 Å². The molecule has 21 heavy (non-hydrogen) atoms. The Morgan fingerprint density at radius 3 is 2.57 bits per heavy atom. The number of ether oxygens (including phenoxy) is 1. The lowest BCUT2D eigenvalue weighted by molar-refractivity contribution is -0.141. The van der Waals surface area contributed by atoms with Crippen molar-refractivity contribution in [3.63, 3.8) is 0 Å². The molecule has 1 aliphatic carbocycles. The molecule has 1 atom stereocenters. The van der Waals surface area contributed by atoms with E-state index in [1.54, 1.807) is 0 Å². The Hall–Kier alpha value is -0.660. The fraction of sp³-hybridized carbons (Fsp3) is 0.929. The van der Waals surface area contributed by atoms with Gasteiger partial charge < -0.3 is 15.2 Å². The van der Waals surface area contributed by atoms with Crippen LogP contribution in [0.2, 0.25) is 0 Å². The summed E-state index contributed by atoms with van der Waals surface area (Å²) in [5, 5.41) is 12.2. The van der Waals surface area contributed by atoms with Gasteiger partial charge in [0.2, 0.25) is 0 Å². The molecule has 0 aliphatic heterocycles. The molecule has 6 nitrogen and oxygen atoms in total. The zero-order valence-corrected chi connectivity index (χ0v) is 13.7. The van der Waals surface area contributed by atoms with Crippen LogP contribution in [0, 0.1) is 5.41 Å². The quantitative estimate of drug-likeness (QED) is 0.538. The van der Waals surface area contributed by atoms with Gasteiger partial charge in [0, 0.05) is 12.6 Å². The summed E-state index contributed by atoms with van der Waals surface area (Å²) in [7, 11) is -1.95. The number of nitrogens with one attached hydrogen (secondary N) is 1. The van der Waals surface area contributed by atoms with Crippen molar-refractivity contribution in [3.05, 3.63) is 0 Å². The highest BCUT2D eigenvalue weighted by Crippen LogP contribution is 2.50. The smallest absolute Gasteiger partial charge is 0.306 e. The first kappa shape index (κ1) is 18.4. The molecule has 0 spiro atoms. The van der Waals surface area contributed by atoms with Crippen molar-refractivity contribution >= 4 is 15.8 Å². The average molecular weight is 321 g/mol. The highest BCUT2D eigenvalue weighted by Gasteiger charge is 2.48. The second-order valence-corrected chi connectivity index (χ2v) is 8.08. The van der Waals surface area contributed by atoms with Crippen molar-refractivity contribution < 1.29 is 23.1 Å². The summed E-state index contributed by atoms with van der Waals surface area (Å²) in [5.41, 5.74) is -0.416. The molecule has 0 aromatic rings. The third kappa shape index (κ3) is 6.76. The molecule has 0 aromatic carbocycles. The van der Waals surface area contributed by atoms with Crippen LogP contribution in [0.1, 0.15) is 39.0 Å². The Morgan fingerprint density at radius 2 is 2.10 bits per heavy atom. The first-order valence-corrected chi connectivity index (χ1v) is 9.30. The molecule has 124 valence electrons. The normalized spacial score (nSPS) is 18.2. The maximum atomic E-state index is 12.3. The van der Waals surface area contributed by atoms with E-state index >= 15 is 0 Å². The third-order valence-electron chi connectivity index (χ3n) is 3.85. The van der Waals surface area contributed by atoms with Gasteiger partial charge in [0.1, 0.15) is 0 Å². The van der Waals surface area contributed by atoms with Gasteiger partial charge in [-0.2, -0.15) is 0 Å². The van der Waals surface area contributed by atoms with Crippen LogP contribution < -0.4 is 5.32 Å².